The maximum absolute atomic E-state index is 12.9. The molecule has 0 aromatic carbocycles. The average Bonchev–Trinajstić information content (AvgIpc) is 3.23. The van der Waals surface area contributed by atoms with Crippen molar-refractivity contribution in [3.63, 3.8) is 0 Å². The van der Waals surface area contributed by atoms with Crippen LogP contribution in [0, 0.1) is 12.8 Å². The van der Waals surface area contributed by atoms with Crippen molar-refractivity contribution in [3.05, 3.63) is 36.7 Å². The van der Waals surface area contributed by atoms with Crippen molar-refractivity contribution >= 4 is 38.6 Å². The van der Waals surface area contributed by atoms with E-state index in [4.69, 9.17) is 0 Å². The summed E-state index contributed by atoms with van der Waals surface area (Å²) in [5, 5.41) is 0. The molecule has 10 heteroatoms. The number of nitrogens with one attached hydrogen (secondary N) is 1. The topological polar surface area (TPSA) is 90.5 Å². The van der Waals surface area contributed by atoms with Crippen LogP contribution in [0.4, 0.5) is 0 Å². The third-order valence-corrected chi connectivity index (χ3v) is 10.1. The molecule has 1 saturated heterocycles. The Bertz CT molecular complexity index is 1060. The summed E-state index contributed by atoms with van der Waals surface area (Å²) in [4.78, 5) is 30.3. The quantitative estimate of drug-likeness (QED) is 0.790. The number of aromatic nitrogens is 1. The number of sulfonamides is 1. The largest absolute Gasteiger partial charge is 0.335 e. The van der Waals surface area contributed by atoms with Gasteiger partial charge < -0.3 is 9.88 Å². The van der Waals surface area contributed by atoms with Crippen LogP contribution in [0.3, 0.4) is 0 Å². The molecule has 0 saturated carbocycles. The van der Waals surface area contributed by atoms with Gasteiger partial charge in [-0.05, 0) is 43.7 Å². The molecule has 1 unspecified atom stereocenters. The van der Waals surface area contributed by atoms with Crippen LogP contribution in [-0.4, -0.2) is 54.7 Å². The molecule has 28 heavy (non-hydrogen) atoms. The number of thiazole rings is 1. The Morgan fingerprint density at radius 2 is 1.93 bits per heavy atom. The van der Waals surface area contributed by atoms with Crippen LogP contribution >= 0.6 is 22.7 Å². The monoisotopic (exact) mass is 441 g/mol. The second-order valence-electron chi connectivity index (χ2n) is 7.53. The highest BCUT2D eigenvalue weighted by Crippen LogP contribution is 2.33. The molecule has 0 bridgehead atoms. The van der Waals surface area contributed by atoms with E-state index in [-0.39, 0.29) is 28.1 Å². The van der Waals surface area contributed by atoms with Gasteiger partial charge in [-0.15, -0.1) is 11.3 Å². The lowest BCUT2D eigenvalue weighted by molar-refractivity contribution is 0.0703. The molecule has 1 aliphatic heterocycles. The number of thiophene rings is 1. The number of hydrogen-bond donors (Lipinski definition) is 1. The first kappa shape index (κ1) is 19.8. The number of piperazine rings is 1. The van der Waals surface area contributed by atoms with Crippen LogP contribution in [0.25, 0.3) is 0 Å². The Hall–Kier alpha value is -1.49. The van der Waals surface area contributed by atoms with Gasteiger partial charge in [0, 0.05) is 36.8 Å². The van der Waals surface area contributed by atoms with Crippen molar-refractivity contribution in [2.24, 2.45) is 5.92 Å². The van der Waals surface area contributed by atoms with Crippen LogP contribution < -0.4 is 4.87 Å². The number of aryl methyl sites for hydroxylation is 2. The lowest BCUT2D eigenvalue weighted by atomic mass is 9.90. The van der Waals surface area contributed by atoms with Gasteiger partial charge in [0.05, 0.1) is 4.88 Å². The standard InChI is InChI=1S/C18H23N3O4S3/c1-11-3-4-14-13(9-11)10-15(26-14)16(22)20-5-7-21(8-6-20)28(24,25)17-12(2)19-18(23)27-17/h10-11H,3-9H2,1-2H3,(H,19,23). The number of nitrogens with zero attached hydrogens (tertiary/aromatic N) is 2. The van der Waals surface area contributed by atoms with Crippen molar-refractivity contribution in [2.75, 3.05) is 26.2 Å². The van der Waals surface area contributed by atoms with E-state index in [0.717, 1.165) is 17.7 Å². The molecule has 152 valence electrons. The normalized spacial score (nSPS) is 20.9. The minimum Gasteiger partial charge on any atom is -0.335 e. The highest BCUT2D eigenvalue weighted by molar-refractivity contribution is 7.91. The minimum absolute atomic E-state index is 0.00779. The molecule has 1 N–H and O–H groups in total. The molecule has 4 rings (SSSR count). The third kappa shape index (κ3) is 3.58. The highest BCUT2D eigenvalue weighted by Gasteiger charge is 2.33. The number of rotatable bonds is 3. The van der Waals surface area contributed by atoms with Gasteiger partial charge in [-0.3, -0.25) is 9.59 Å². The zero-order valence-corrected chi connectivity index (χ0v) is 18.3. The van der Waals surface area contributed by atoms with E-state index in [1.807, 2.05) is 6.07 Å². The molecule has 2 aromatic heterocycles. The van der Waals surface area contributed by atoms with Crippen molar-refractivity contribution in [1.82, 2.24) is 14.2 Å². The molecule has 1 aliphatic carbocycles. The Morgan fingerprint density at radius 1 is 1.21 bits per heavy atom. The molecule has 1 fully saturated rings. The van der Waals surface area contributed by atoms with Gasteiger partial charge in [0.2, 0.25) is 0 Å². The van der Waals surface area contributed by atoms with Crippen molar-refractivity contribution in [3.8, 4) is 0 Å². The maximum Gasteiger partial charge on any atom is 0.305 e. The van der Waals surface area contributed by atoms with Gasteiger partial charge in [-0.1, -0.05) is 18.3 Å². The van der Waals surface area contributed by atoms with E-state index in [0.29, 0.717) is 36.0 Å². The fourth-order valence-electron chi connectivity index (χ4n) is 3.85. The molecule has 1 amide bonds. The molecule has 2 aliphatic rings. The van der Waals surface area contributed by atoms with Crippen molar-refractivity contribution < 1.29 is 13.2 Å². The van der Waals surface area contributed by atoms with E-state index in [1.54, 1.807) is 23.2 Å². The van der Waals surface area contributed by atoms with E-state index in [1.165, 1.54) is 21.2 Å². The molecule has 3 heterocycles. The van der Waals surface area contributed by atoms with Crippen LogP contribution in [0.15, 0.2) is 15.1 Å². The van der Waals surface area contributed by atoms with E-state index in [2.05, 4.69) is 11.9 Å². The molecule has 1 atom stereocenters. The predicted octanol–water partition coefficient (Wildman–Crippen LogP) is 2.08. The van der Waals surface area contributed by atoms with Gasteiger partial charge >= 0.3 is 4.87 Å². The summed E-state index contributed by atoms with van der Waals surface area (Å²) in [6.45, 7) is 5.02. The Morgan fingerprint density at radius 3 is 2.57 bits per heavy atom. The second-order valence-corrected chi connectivity index (χ2v) is 11.8. The van der Waals surface area contributed by atoms with Crippen LogP contribution in [0.2, 0.25) is 0 Å². The summed E-state index contributed by atoms with van der Waals surface area (Å²) in [7, 11) is -3.71. The molecular weight excluding hydrogens is 418 g/mol. The van der Waals surface area contributed by atoms with Gasteiger partial charge in [0.25, 0.3) is 15.9 Å². The third-order valence-electron chi connectivity index (χ3n) is 5.42. The zero-order valence-electron chi connectivity index (χ0n) is 15.9. The summed E-state index contributed by atoms with van der Waals surface area (Å²) in [5.41, 5.74) is 1.66. The van der Waals surface area contributed by atoms with Gasteiger partial charge in [0.1, 0.15) is 0 Å². The first-order valence-electron chi connectivity index (χ1n) is 9.36. The molecule has 7 nitrogen and oxygen atoms in total. The SMILES string of the molecule is Cc1[nH]c(=O)sc1S(=O)(=O)N1CCN(C(=O)c2cc3c(s2)CCC(C)C3)CC1. The van der Waals surface area contributed by atoms with Crippen molar-refractivity contribution in [2.45, 2.75) is 37.3 Å². The predicted molar refractivity (Wildman–Crippen MR) is 110 cm³/mol. The number of hydrogen-bond acceptors (Lipinski definition) is 6. The second kappa shape index (κ2) is 7.40. The van der Waals surface area contributed by atoms with Gasteiger partial charge in [0.15, 0.2) is 4.21 Å². The summed E-state index contributed by atoms with van der Waals surface area (Å²) >= 11 is 2.30. The summed E-state index contributed by atoms with van der Waals surface area (Å²) in [6.07, 6.45) is 3.24. The Balaban J connectivity index is 1.45. The van der Waals surface area contributed by atoms with Crippen LogP contribution in [0.5, 0.6) is 0 Å². The zero-order chi connectivity index (χ0) is 20.1. The number of fused-ring (bicyclic) bond motifs is 1. The molecule has 2 aromatic rings. The smallest absolute Gasteiger partial charge is 0.305 e. The number of amides is 1. The Kier molecular flexibility index (Phi) is 5.24. The number of carbonyl (C=O) groups is 1. The minimum atomic E-state index is -3.71. The fourth-order valence-corrected chi connectivity index (χ4v) is 7.89. The summed E-state index contributed by atoms with van der Waals surface area (Å²) in [5.74, 6) is 0.651. The first-order valence-corrected chi connectivity index (χ1v) is 12.4. The van der Waals surface area contributed by atoms with Gasteiger partial charge in [-0.25, -0.2) is 8.42 Å². The van der Waals surface area contributed by atoms with E-state index < -0.39 is 10.0 Å². The average molecular weight is 442 g/mol. The fraction of sp³-hybridized carbons (Fsp3) is 0.556. The molecule has 0 radical (unpaired) electrons. The highest BCUT2D eigenvalue weighted by atomic mass is 32.2. The first-order chi connectivity index (χ1) is 13.3. The summed E-state index contributed by atoms with van der Waals surface area (Å²) in [6, 6.07) is 2.03. The lowest BCUT2D eigenvalue weighted by Crippen LogP contribution is -2.50. The number of carbonyl (C=O) groups excluding carboxylic acids is 1. The summed E-state index contributed by atoms with van der Waals surface area (Å²) < 4.78 is 27.0. The number of H-pyrrole nitrogens is 1. The number of aromatic amines is 1. The van der Waals surface area contributed by atoms with E-state index in [9.17, 15) is 18.0 Å². The maximum atomic E-state index is 12.9. The van der Waals surface area contributed by atoms with Crippen LogP contribution in [0.1, 0.15) is 39.2 Å². The lowest BCUT2D eigenvalue weighted by Gasteiger charge is -2.33. The molecular formula is C18H23N3O4S3. The Labute approximate surface area is 172 Å². The van der Waals surface area contributed by atoms with Crippen molar-refractivity contribution in [1.29, 1.82) is 0 Å². The molecule has 0 spiro atoms. The van der Waals surface area contributed by atoms with E-state index >= 15 is 0 Å². The van der Waals surface area contributed by atoms with Gasteiger partial charge in [-0.2, -0.15) is 4.31 Å². The van der Waals surface area contributed by atoms with Crippen LogP contribution in [-0.2, 0) is 22.9 Å².